The van der Waals surface area contributed by atoms with Gasteiger partial charge < -0.3 is 15.3 Å². The molecule has 15 heavy (non-hydrogen) atoms. The van der Waals surface area contributed by atoms with Gasteiger partial charge in [0.15, 0.2) is 0 Å². The summed E-state index contributed by atoms with van der Waals surface area (Å²) in [4.78, 5) is 0. The zero-order valence-corrected chi connectivity index (χ0v) is 8.57. The molecule has 2 rings (SSSR count). The summed E-state index contributed by atoms with van der Waals surface area (Å²) in [5.74, 6) is 0.264. The van der Waals surface area contributed by atoms with Gasteiger partial charge in [0.25, 0.3) is 0 Å². The van der Waals surface area contributed by atoms with Gasteiger partial charge >= 0.3 is 0 Å². The molecule has 0 bridgehead atoms. The molecule has 1 heterocycles. The predicted molar refractivity (Wildman–Crippen MR) is 58.5 cm³/mol. The molecule has 3 heteroatoms. The molecule has 0 radical (unpaired) electrons. The SMILES string of the molecule is N=C(Cc1ccccc1O)[C@H]1CCCO1. The molecular weight excluding hydrogens is 190 g/mol. The van der Waals surface area contributed by atoms with Crippen LogP contribution in [0.2, 0.25) is 0 Å². The van der Waals surface area contributed by atoms with Gasteiger partial charge in [0, 0.05) is 18.7 Å². The Bertz CT molecular complexity index is 356. The molecule has 0 aromatic heterocycles. The van der Waals surface area contributed by atoms with Crippen molar-refractivity contribution < 1.29 is 9.84 Å². The minimum atomic E-state index is -0.0374. The maximum Gasteiger partial charge on any atom is 0.119 e. The van der Waals surface area contributed by atoms with Gasteiger partial charge in [-0.25, -0.2) is 0 Å². The highest BCUT2D eigenvalue weighted by Gasteiger charge is 2.20. The second-order valence-electron chi connectivity index (χ2n) is 3.83. The van der Waals surface area contributed by atoms with Crippen molar-refractivity contribution in [2.75, 3.05) is 6.61 Å². The quantitative estimate of drug-likeness (QED) is 0.743. The van der Waals surface area contributed by atoms with E-state index in [4.69, 9.17) is 10.1 Å². The van der Waals surface area contributed by atoms with E-state index in [-0.39, 0.29) is 11.9 Å². The lowest BCUT2D eigenvalue weighted by atomic mass is 10.0. The van der Waals surface area contributed by atoms with Crippen molar-refractivity contribution in [1.82, 2.24) is 0 Å². The Balaban J connectivity index is 2.02. The van der Waals surface area contributed by atoms with Gasteiger partial charge in [-0.1, -0.05) is 18.2 Å². The second-order valence-corrected chi connectivity index (χ2v) is 3.83. The third-order valence-electron chi connectivity index (χ3n) is 2.69. The fourth-order valence-corrected chi connectivity index (χ4v) is 1.83. The van der Waals surface area contributed by atoms with E-state index in [9.17, 15) is 5.11 Å². The molecule has 3 nitrogen and oxygen atoms in total. The lowest BCUT2D eigenvalue weighted by Crippen LogP contribution is -2.20. The van der Waals surface area contributed by atoms with Crippen LogP contribution in [0.5, 0.6) is 5.75 Å². The lowest BCUT2D eigenvalue weighted by Gasteiger charge is -2.11. The van der Waals surface area contributed by atoms with E-state index in [0.717, 1.165) is 25.0 Å². The molecule has 80 valence electrons. The highest BCUT2D eigenvalue weighted by atomic mass is 16.5. The van der Waals surface area contributed by atoms with E-state index in [0.29, 0.717) is 12.1 Å². The number of hydrogen-bond donors (Lipinski definition) is 2. The molecular formula is C12H15NO2. The molecule has 1 aromatic carbocycles. The summed E-state index contributed by atoms with van der Waals surface area (Å²) >= 11 is 0. The van der Waals surface area contributed by atoms with E-state index < -0.39 is 0 Å². The van der Waals surface area contributed by atoms with Gasteiger partial charge in [0.1, 0.15) is 5.75 Å². The summed E-state index contributed by atoms with van der Waals surface area (Å²) in [7, 11) is 0. The van der Waals surface area contributed by atoms with Crippen molar-refractivity contribution in [3.05, 3.63) is 29.8 Å². The van der Waals surface area contributed by atoms with Gasteiger partial charge in [0.05, 0.1) is 6.10 Å². The van der Waals surface area contributed by atoms with E-state index in [1.807, 2.05) is 12.1 Å². The van der Waals surface area contributed by atoms with Crippen LogP contribution in [-0.4, -0.2) is 23.5 Å². The molecule has 0 spiro atoms. The van der Waals surface area contributed by atoms with Crippen LogP contribution in [0.15, 0.2) is 24.3 Å². The molecule has 1 aliphatic rings. The van der Waals surface area contributed by atoms with Crippen LogP contribution in [0.25, 0.3) is 0 Å². The maximum atomic E-state index is 9.56. The molecule has 0 saturated carbocycles. The van der Waals surface area contributed by atoms with E-state index in [2.05, 4.69) is 0 Å². The summed E-state index contributed by atoms with van der Waals surface area (Å²) in [6.45, 7) is 0.758. The van der Waals surface area contributed by atoms with Gasteiger partial charge in [-0.2, -0.15) is 0 Å². The minimum Gasteiger partial charge on any atom is -0.508 e. The minimum absolute atomic E-state index is 0.0374. The molecule has 1 fully saturated rings. The van der Waals surface area contributed by atoms with Crippen LogP contribution in [0, 0.1) is 5.41 Å². The summed E-state index contributed by atoms with van der Waals surface area (Å²) < 4.78 is 5.42. The Hall–Kier alpha value is -1.35. The molecule has 1 aliphatic heterocycles. The molecule has 0 aliphatic carbocycles. The van der Waals surface area contributed by atoms with Gasteiger partial charge in [-0.05, 0) is 24.5 Å². The molecule has 2 N–H and O–H groups in total. The number of aromatic hydroxyl groups is 1. The van der Waals surface area contributed by atoms with Crippen LogP contribution in [0.3, 0.4) is 0 Å². The average molecular weight is 205 g/mol. The first kappa shape index (κ1) is 10.2. The summed E-state index contributed by atoms with van der Waals surface area (Å²) in [5, 5.41) is 17.4. The van der Waals surface area contributed by atoms with Gasteiger partial charge in [0.2, 0.25) is 0 Å². The van der Waals surface area contributed by atoms with Gasteiger partial charge in [-0.3, -0.25) is 0 Å². The molecule has 1 atom stereocenters. The first-order valence-corrected chi connectivity index (χ1v) is 5.23. The normalized spacial score (nSPS) is 20.4. The third-order valence-corrected chi connectivity index (χ3v) is 2.69. The first-order valence-electron chi connectivity index (χ1n) is 5.23. The predicted octanol–water partition coefficient (Wildman–Crippen LogP) is 2.13. The Labute approximate surface area is 89.2 Å². The Kier molecular flexibility index (Phi) is 3.02. The zero-order valence-electron chi connectivity index (χ0n) is 8.57. The Morgan fingerprint density at radius 2 is 2.27 bits per heavy atom. The van der Waals surface area contributed by atoms with E-state index >= 15 is 0 Å². The third kappa shape index (κ3) is 2.36. The summed E-state index contributed by atoms with van der Waals surface area (Å²) in [6, 6.07) is 7.16. The van der Waals surface area contributed by atoms with Gasteiger partial charge in [-0.15, -0.1) is 0 Å². The van der Waals surface area contributed by atoms with Crippen molar-refractivity contribution in [2.45, 2.75) is 25.4 Å². The monoisotopic (exact) mass is 205 g/mol. The number of phenolic OH excluding ortho intramolecular Hbond substituents is 1. The Morgan fingerprint density at radius 3 is 2.93 bits per heavy atom. The fraction of sp³-hybridized carbons (Fsp3) is 0.417. The number of ether oxygens (including phenoxy) is 1. The lowest BCUT2D eigenvalue weighted by molar-refractivity contribution is 0.157. The van der Waals surface area contributed by atoms with Crippen LogP contribution >= 0.6 is 0 Å². The van der Waals surface area contributed by atoms with E-state index in [1.54, 1.807) is 12.1 Å². The molecule has 0 unspecified atom stereocenters. The van der Waals surface area contributed by atoms with Crippen molar-refractivity contribution in [3.63, 3.8) is 0 Å². The number of para-hydroxylation sites is 1. The standard InChI is InChI=1S/C12H15NO2/c13-10(12-6-3-7-15-12)8-9-4-1-2-5-11(9)14/h1-2,4-5,12-14H,3,6-8H2/t12-/m1/s1. The van der Waals surface area contributed by atoms with Crippen LogP contribution in [-0.2, 0) is 11.2 Å². The number of phenols is 1. The van der Waals surface area contributed by atoms with Crippen molar-refractivity contribution >= 4 is 5.71 Å². The van der Waals surface area contributed by atoms with Crippen molar-refractivity contribution in [1.29, 1.82) is 5.41 Å². The number of benzene rings is 1. The summed E-state index contributed by atoms with van der Waals surface area (Å²) in [6.07, 6.45) is 2.42. The second kappa shape index (κ2) is 4.45. The number of hydrogen-bond acceptors (Lipinski definition) is 3. The highest BCUT2D eigenvalue weighted by molar-refractivity contribution is 5.88. The van der Waals surface area contributed by atoms with Crippen LogP contribution in [0.1, 0.15) is 18.4 Å². The van der Waals surface area contributed by atoms with E-state index in [1.165, 1.54) is 0 Å². The summed E-state index contributed by atoms with van der Waals surface area (Å²) in [5.41, 5.74) is 1.37. The average Bonchev–Trinajstić information content (AvgIpc) is 2.74. The fourth-order valence-electron chi connectivity index (χ4n) is 1.83. The Morgan fingerprint density at radius 1 is 1.47 bits per heavy atom. The first-order chi connectivity index (χ1) is 7.27. The molecule has 0 amide bonds. The number of nitrogens with one attached hydrogen (secondary N) is 1. The largest absolute Gasteiger partial charge is 0.508 e. The van der Waals surface area contributed by atoms with Crippen molar-refractivity contribution in [3.8, 4) is 5.75 Å². The highest BCUT2D eigenvalue weighted by Crippen LogP contribution is 2.20. The molecule has 1 aromatic rings. The topological polar surface area (TPSA) is 53.3 Å². The zero-order chi connectivity index (χ0) is 10.7. The molecule has 1 saturated heterocycles. The smallest absolute Gasteiger partial charge is 0.119 e. The maximum absolute atomic E-state index is 9.56. The number of rotatable bonds is 3. The van der Waals surface area contributed by atoms with Crippen LogP contribution in [0.4, 0.5) is 0 Å². The van der Waals surface area contributed by atoms with Crippen molar-refractivity contribution in [2.24, 2.45) is 0 Å². The van der Waals surface area contributed by atoms with Crippen LogP contribution < -0.4 is 0 Å².